The Kier molecular flexibility index (Phi) is 5.51. The van der Waals surface area contributed by atoms with E-state index in [1.165, 1.54) is 12.1 Å². The molecule has 4 N–H and O–H groups in total. The highest BCUT2D eigenvalue weighted by molar-refractivity contribution is 5.93. The number of aryl methyl sites for hydroxylation is 1. The largest absolute Gasteiger partial charge is 0.478 e. The van der Waals surface area contributed by atoms with Gasteiger partial charge in [0.1, 0.15) is 0 Å². The lowest BCUT2D eigenvalue weighted by Crippen LogP contribution is -2.27. The van der Waals surface area contributed by atoms with Crippen molar-refractivity contribution < 1.29 is 14.7 Å². The first-order valence-electron chi connectivity index (χ1n) is 6.33. The molecule has 1 aromatic carbocycles. The fourth-order valence-corrected chi connectivity index (χ4v) is 1.85. The van der Waals surface area contributed by atoms with Crippen LogP contribution in [0.25, 0.3) is 0 Å². The van der Waals surface area contributed by atoms with Crippen LogP contribution in [0.4, 0.5) is 5.69 Å². The fraction of sp³-hybridized carbons (Fsp3) is 0.429. The first kappa shape index (κ1) is 15.2. The van der Waals surface area contributed by atoms with E-state index in [1.54, 1.807) is 13.0 Å². The zero-order valence-corrected chi connectivity index (χ0v) is 11.3. The number of rotatable bonds is 6. The Morgan fingerprint density at radius 1 is 1.42 bits per heavy atom. The van der Waals surface area contributed by atoms with Crippen molar-refractivity contribution in [2.45, 2.75) is 39.2 Å². The lowest BCUT2D eigenvalue weighted by molar-refractivity contribution is -0.116. The molecule has 0 saturated carbocycles. The van der Waals surface area contributed by atoms with Crippen molar-refractivity contribution in [3.05, 3.63) is 29.3 Å². The number of hydrogen-bond donors (Lipinski definition) is 3. The van der Waals surface area contributed by atoms with Gasteiger partial charge in [-0.2, -0.15) is 0 Å². The number of carboxylic acid groups (broad SMARTS) is 1. The van der Waals surface area contributed by atoms with Gasteiger partial charge in [-0.15, -0.1) is 0 Å². The maximum absolute atomic E-state index is 11.8. The first-order chi connectivity index (χ1) is 8.93. The minimum atomic E-state index is -0.981. The van der Waals surface area contributed by atoms with Crippen molar-refractivity contribution in [3.8, 4) is 0 Å². The van der Waals surface area contributed by atoms with Crippen molar-refractivity contribution >= 4 is 17.6 Å². The summed E-state index contributed by atoms with van der Waals surface area (Å²) >= 11 is 0. The number of hydrogen-bond acceptors (Lipinski definition) is 3. The Morgan fingerprint density at radius 3 is 2.63 bits per heavy atom. The van der Waals surface area contributed by atoms with E-state index in [9.17, 15) is 9.59 Å². The van der Waals surface area contributed by atoms with Crippen LogP contribution in [-0.4, -0.2) is 23.0 Å². The molecule has 1 atom stereocenters. The summed E-state index contributed by atoms with van der Waals surface area (Å²) in [5.41, 5.74) is 7.35. The molecule has 0 radical (unpaired) electrons. The summed E-state index contributed by atoms with van der Waals surface area (Å²) in [5.74, 6) is -1.13. The van der Waals surface area contributed by atoms with Crippen LogP contribution in [0.2, 0.25) is 0 Å². The molecule has 0 spiro atoms. The number of anilines is 1. The minimum absolute atomic E-state index is 0.136. The molecule has 5 nitrogen and oxygen atoms in total. The second-order valence-electron chi connectivity index (χ2n) is 4.64. The van der Waals surface area contributed by atoms with Gasteiger partial charge >= 0.3 is 5.97 Å². The van der Waals surface area contributed by atoms with Crippen molar-refractivity contribution in [2.75, 3.05) is 5.32 Å². The van der Waals surface area contributed by atoms with Crippen LogP contribution in [0.3, 0.4) is 0 Å². The van der Waals surface area contributed by atoms with E-state index < -0.39 is 5.97 Å². The van der Waals surface area contributed by atoms with Crippen LogP contribution in [0, 0.1) is 6.92 Å². The molecule has 19 heavy (non-hydrogen) atoms. The summed E-state index contributed by atoms with van der Waals surface area (Å²) in [5, 5.41) is 11.6. The van der Waals surface area contributed by atoms with Crippen molar-refractivity contribution in [1.29, 1.82) is 0 Å². The van der Waals surface area contributed by atoms with Crippen molar-refractivity contribution in [3.63, 3.8) is 0 Å². The Labute approximate surface area is 112 Å². The zero-order valence-electron chi connectivity index (χ0n) is 11.3. The lowest BCUT2D eigenvalue weighted by atomic mass is 10.1. The van der Waals surface area contributed by atoms with Crippen LogP contribution >= 0.6 is 0 Å². The van der Waals surface area contributed by atoms with E-state index in [0.29, 0.717) is 5.69 Å². The molecule has 1 rings (SSSR count). The summed E-state index contributed by atoms with van der Waals surface area (Å²) in [6, 6.07) is 4.46. The van der Waals surface area contributed by atoms with Gasteiger partial charge in [0.05, 0.1) is 5.56 Å². The Bertz CT molecular complexity index is 472. The van der Waals surface area contributed by atoms with Gasteiger partial charge in [-0.1, -0.05) is 13.3 Å². The summed E-state index contributed by atoms with van der Waals surface area (Å²) in [6.45, 7) is 3.78. The Hall–Kier alpha value is -1.88. The average molecular weight is 264 g/mol. The highest BCUT2D eigenvalue weighted by atomic mass is 16.4. The number of nitrogens with two attached hydrogens (primary N) is 1. The maximum Gasteiger partial charge on any atom is 0.335 e. The van der Waals surface area contributed by atoms with Crippen LogP contribution in [0.5, 0.6) is 0 Å². The predicted molar refractivity (Wildman–Crippen MR) is 74.3 cm³/mol. The molecule has 0 aliphatic rings. The number of benzene rings is 1. The molecule has 1 unspecified atom stereocenters. The van der Waals surface area contributed by atoms with Gasteiger partial charge in [0.2, 0.25) is 5.91 Å². The smallest absolute Gasteiger partial charge is 0.335 e. The fourth-order valence-electron chi connectivity index (χ4n) is 1.85. The molecular weight excluding hydrogens is 244 g/mol. The number of aromatic carboxylic acids is 1. The zero-order chi connectivity index (χ0) is 14.4. The second kappa shape index (κ2) is 6.89. The number of carboxylic acids is 1. The topological polar surface area (TPSA) is 92.4 Å². The predicted octanol–water partition coefficient (Wildman–Crippen LogP) is 2.15. The van der Waals surface area contributed by atoms with E-state index in [-0.39, 0.29) is 23.9 Å². The summed E-state index contributed by atoms with van der Waals surface area (Å²) in [6.07, 6.45) is 2.03. The summed E-state index contributed by atoms with van der Waals surface area (Å²) in [7, 11) is 0. The molecule has 0 aromatic heterocycles. The van der Waals surface area contributed by atoms with Gasteiger partial charge in [-0.25, -0.2) is 4.79 Å². The van der Waals surface area contributed by atoms with E-state index >= 15 is 0 Å². The monoisotopic (exact) mass is 264 g/mol. The van der Waals surface area contributed by atoms with Crippen LogP contribution in [0.1, 0.15) is 42.1 Å². The van der Waals surface area contributed by atoms with Crippen LogP contribution in [0.15, 0.2) is 18.2 Å². The molecule has 0 saturated heterocycles. The molecular formula is C14H20N2O3. The third kappa shape index (κ3) is 4.71. The Morgan fingerprint density at radius 2 is 2.11 bits per heavy atom. The normalized spacial score (nSPS) is 11.9. The van der Waals surface area contributed by atoms with Gasteiger partial charge in [0, 0.05) is 18.2 Å². The van der Waals surface area contributed by atoms with Crippen LogP contribution < -0.4 is 11.1 Å². The molecule has 0 aliphatic heterocycles. The third-order valence-electron chi connectivity index (χ3n) is 2.85. The van der Waals surface area contributed by atoms with Gasteiger partial charge in [0.25, 0.3) is 0 Å². The molecule has 0 aliphatic carbocycles. The van der Waals surface area contributed by atoms with E-state index in [2.05, 4.69) is 5.32 Å². The number of carbonyl (C=O) groups excluding carboxylic acids is 1. The number of nitrogens with one attached hydrogen (secondary N) is 1. The molecule has 1 aromatic rings. The summed E-state index contributed by atoms with van der Waals surface area (Å²) in [4.78, 5) is 22.6. The quantitative estimate of drug-likeness (QED) is 0.734. The highest BCUT2D eigenvalue weighted by Gasteiger charge is 2.11. The standard InChI is InChI=1S/C14H20N2O3/c1-3-4-11(15)8-13(17)16-12-6-5-10(14(18)19)7-9(12)2/h5-7,11H,3-4,8,15H2,1-2H3,(H,16,17)(H,18,19). The Balaban J connectivity index is 2.67. The second-order valence-corrected chi connectivity index (χ2v) is 4.64. The maximum atomic E-state index is 11.8. The molecule has 0 heterocycles. The van der Waals surface area contributed by atoms with Gasteiger partial charge in [-0.3, -0.25) is 4.79 Å². The number of carbonyl (C=O) groups is 2. The van der Waals surface area contributed by atoms with Gasteiger partial charge in [-0.05, 0) is 37.1 Å². The molecule has 5 heteroatoms. The van der Waals surface area contributed by atoms with E-state index in [0.717, 1.165) is 18.4 Å². The van der Waals surface area contributed by atoms with Gasteiger partial charge < -0.3 is 16.2 Å². The minimum Gasteiger partial charge on any atom is -0.478 e. The van der Waals surface area contributed by atoms with Crippen molar-refractivity contribution in [2.24, 2.45) is 5.73 Å². The third-order valence-corrected chi connectivity index (χ3v) is 2.85. The SMILES string of the molecule is CCCC(N)CC(=O)Nc1ccc(C(=O)O)cc1C. The van der Waals surface area contributed by atoms with Crippen molar-refractivity contribution in [1.82, 2.24) is 0 Å². The van der Waals surface area contributed by atoms with E-state index in [4.69, 9.17) is 10.8 Å². The highest BCUT2D eigenvalue weighted by Crippen LogP contribution is 2.17. The lowest BCUT2D eigenvalue weighted by Gasteiger charge is -2.12. The van der Waals surface area contributed by atoms with Gasteiger partial charge in [0.15, 0.2) is 0 Å². The van der Waals surface area contributed by atoms with E-state index in [1.807, 2.05) is 6.92 Å². The van der Waals surface area contributed by atoms with Crippen LogP contribution in [-0.2, 0) is 4.79 Å². The molecule has 104 valence electrons. The molecule has 0 bridgehead atoms. The average Bonchev–Trinajstić information content (AvgIpc) is 2.31. The molecule has 0 fully saturated rings. The summed E-state index contributed by atoms with van der Waals surface area (Å²) < 4.78 is 0. The first-order valence-corrected chi connectivity index (χ1v) is 6.33. The molecule has 1 amide bonds. The number of amides is 1.